The molecule has 0 saturated carbocycles. The minimum absolute atomic E-state index is 0.806. The van der Waals surface area contributed by atoms with E-state index < -0.39 is 10.8 Å². The van der Waals surface area contributed by atoms with E-state index in [-0.39, 0.29) is 0 Å². The fourth-order valence-corrected chi connectivity index (χ4v) is 1.36. The molecule has 0 bridgehead atoms. The van der Waals surface area contributed by atoms with E-state index in [0.29, 0.717) is 0 Å². The smallest absolute Gasteiger partial charge is 0.0564 e. The molecule has 2 N–H and O–H groups in total. The number of hydrogen-bond acceptors (Lipinski definition) is 3. The van der Waals surface area contributed by atoms with Gasteiger partial charge in [-0.2, -0.15) is 0 Å². The van der Waals surface area contributed by atoms with E-state index in [1.807, 2.05) is 44.2 Å². The van der Waals surface area contributed by atoms with Crippen LogP contribution in [0.1, 0.15) is 13.8 Å². The van der Waals surface area contributed by atoms with Crippen LogP contribution in [-0.2, 0) is 0 Å². The standard InChI is InChI=1S/C8H13NO2S.C2H6/c1-9(12(2,10)11)8-6-4-3-5-7-8;1-2/h3-7,10-11H,1-2H3;1-2H3. The molecule has 0 atom stereocenters. The van der Waals surface area contributed by atoms with Gasteiger partial charge in [0.2, 0.25) is 0 Å². The number of nitrogens with zero attached hydrogens (tertiary/aromatic N) is 1. The largest absolute Gasteiger partial charge is 0.282 e. The van der Waals surface area contributed by atoms with Crippen LogP contribution in [0.4, 0.5) is 5.69 Å². The first-order valence-electron chi connectivity index (χ1n) is 4.54. The second-order valence-corrected chi connectivity index (χ2v) is 4.76. The van der Waals surface area contributed by atoms with E-state index in [9.17, 15) is 9.11 Å². The fraction of sp³-hybridized carbons (Fsp3) is 0.400. The van der Waals surface area contributed by atoms with Crippen molar-refractivity contribution < 1.29 is 9.11 Å². The predicted molar refractivity (Wildman–Crippen MR) is 65.0 cm³/mol. The lowest BCUT2D eigenvalue weighted by molar-refractivity contribution is 0.493. The molecule has 1 rings (SSSR count). The van der Waals surface area contributed by atoms with Gasteiger partial charge in [-0.3, -0.25) is 13.4 Å². The normalized spacial score (nSPS) is 11.3. The van der Waals surface area contributed by atoms with Crippen LogP contribution in [0.5, 0.6) is 0 Å². The zero-order valence-corrected chi connectivity index (χ0v) is 9.95. The average Bonchev–Trinajstić information content (AvgIpc) is 2.20. The van der Waals surface area contributed by atoms with Crippen molar-refractivity contribution in [3.8, 4) is 0 Å². The summed E-state index contributed by atoms with van der Waals surface area (Å²) in [6, 6.07) is 9.27. The Kier molecular flexibility index (Phi) is 5.60. The van der Waals surface area contributed by atoms with Crippen LogP contribution in [0.3, 0.4) is 0 Å². The van der Waals surface area contributed by atoms with Crippen LogP contribution in [0.2, 0.25) is 0 Å². The van der Waals surface area contributed by atoms with Gasteiger partial charge in [-0.1, -0.05) is 32.0 Å². The molecule has 1 aromatic carbocycles. The van der Waals surface area contributed by atoms with Crippen LogP contribution < -0.4 is 4.31 Å². The first-order valence-corrected chi connectivity index (χ1v) is 6.45. The fourth-order valence-electron chi connectivity index (χ4n) is 0.838. The molecule has 0 radical (unpaired) electrons. The van der Waals surface area contributed by atoms with Crippen molar-refractivity contribution in [3.63, 3.8) is 0 Å². The van der Waals surface area contributed by atoms with E-state index >= 15 is 0 Å². The Bertz CT molecular complexity index is 246. The molecule has 4 heteroatoms. The maximum atomic E-state index is 9.30. The van der Waals surface area contributed by atoms with Crippen molar-refractivity contribution in [2.45, 2.75) is 13.8 Å². The lowest BCUT2D eigenvalue weighted by Crippen LogP contribution is -2.21. The molecule has 14 heavy (non-hydrogen) atoms. The predicted octanol–water partition coefficient (Wildman–Crippen LogP) is 3.44. The maximum Gasteiger partial charge on any atom is 0.0564 e. The second kappa shape index (κ2) is 5.90. The molecule has 0 heterocycles. The monoisotopic (exact) mass is 217 g/mol. The third-order valence-corrected chi connectivity index (χ3v) is 2.89. The summed E-state index contributed by atoms with van der Waals surface area (Å²) in [4.78, 5) is 0. The highest BCUT2D eigenvalue weighted by Gasteiger charge is 2.11. The molecule has 3 nitrogen and oxygen atoms in total. The Balaban J connectivity index is 0.000000791. The molecule has 1 aromatic rings. The van der Waals surface area contributed by atoms with Gasteiger partial charge in [-0.25, -0.2) is 0 Å². The highest BCUT2D eigenvalue weighted by Crippen LogP contribution is 2.40. The van der Waals surface area contributed by atoms with Crippen molar-refractivity contribution in [1.82, 2.24) is 0 Å². The molecule has 0 aromatic heterocycles. The van der Waals surface area contributed by atoms with E-state index in [2.05, 4.69) is 0 Å². The van der Waals surface area contributed by atoms with Gasteiger partial charge in [0.25, 0.3) is 0 Å². The molecule has 0 unspecified atom stereocenters. The van der Waals surface area contributed by atoms with Gasteiger partial charge in [0.15, 0.2) is 0 Å². The summed E-state index contributed by atoms with van der Waals surface area (Å²) >= 11 is 0. The Labute approximate surface area is 87.9 Å². The van der Waals surface area contributed by atoms with Gasteiger partial charge in [0, 0.05) is 13.3 Å². The molecule has 0 spiro atoms. The minimum Gasteiger partial charge on any atom is -0.282 e. The van der Waals surface area contributed by atoms with Gasteiger partial charge < -0.3 is 0 Å². The second-order valence-electron chi connectivity index (χ2n) is 2.63. The molecule has 0 aliphatic rings. The lowest BCUT2D eigenvalue weighted by Gasteiger charge is -2.38. The molecular formula is C10H19NO2S. The van der Waals surface area contributed by atoms with Crippen molar-refractivity contribution >= 4 is 16.5 Å². The van der Waals surface area contributed by atoms with Crippen LogP contribution in [0, 0.1) is 0 Å². The quantitative estimate of drug-likeness (QED) is 0.797. The molecular weight excluding hydrogens is 198 g/mol. The van der Waals surface area contributed by atoms with Crippen LogP contribution in [0.25, 0.3) is 0 Å². The van der Waals surface area contributed by atoms with Gasteiger partial charge in [-0.15, -0.1) is 10.8 Å². The third-order valence-electron chi connectivity index (χ3n) is 1.64. The summed E-state index contributed by atoms with van der Waals surface area (Å²) in [5, 5.41) is 0. The summed E-state index contributed by atoms with van der Waals surface area (Å²) in [6.45, 7) is 4.00. The van der Waals surface area contributed by atoms with Gasteiger partial charge in [0.1, 0.15) is 0 Å². The number of anilines is 1. The summed E-state index contributed by atoms with van der Waals surface area (Å²) in [7, 11) is -0.965. The third kappa shape index (κ3) is 4.00. The van der Waals surface area contributed by atoms with Crippen molar-refractivity contribution in [1.29, 1.82) is 0 Å². The first-order chi connectivity index (χ1) is 6.52. The van der Waals surface area contributed by atoms with Crippen molar-refractivity contribution in [2.24, 2.45) is 0 Å². The zero-order valence-electron chi connectivity index (χ0n) is 9.14. The zero-order chi connectivity index (χ0) is 11.2. The summed E-state index contributed by atoms with van der Waals surface area (Å²) in [5.74, 6) is 0. The van der Waals surface area contributed by atoms with Gasteiger partial charge in [-0.05, 0) is 12.1 Å². The number of rotatable bonds is 2. The highest BCUT2D eigenvalue weighted by molar-refractivity contribution is 8.24. The van der Waals surface area contributed by atoms with Crippen LogP contribution >= 0.6 is 10.8 Å². The van der Waals surface area contributed by atoms with Crippen molar-refractivity contribution in [3.05, 3.63) is 30.3 Å². The maximum absolute atomic E-state index is 9.30. The number of benzene rings is 1. The number of para-hydroxylation sites is 1. The van der Waals surface area contributed by atoms with Crippen LogP contribution in [-0.4, -0.2) is 22.4 Å². The Morgan fingerprint density at radius 1 is 1.07 bits per heavy atom. The molecule has 0 amide bonds. The molecule has 0 saturated heterocycles. The molecule has 0 fully saturated rings. The lowest BCUT2D eigenvalue weighted by atomic mass is 10.3. The average molecular weight is 217 g/mol. The van der Waals surface area contributed by atoms with E-state index in [1.165, 1.54) is 10.6 Å². The van der Waals surface area contributed by atoms with Gasteiger partial charge >= 0.3 is 0 Å². The van der Waals surface area contributed by atoms with E-state index in [4.69, 9.17) is 0 Å². The molecule has 0 aliphatic carbocycles. The van der Waals surface area contributed by atoms with Gasteiger partial charge in [0.05, 0.1) is 5.69 Å². The summed E-state index contributed by atoms with van der Waals surface area (Å²) in [6.07, 6.45) is 1.40. The van der Waals surface area contributed by atoms with Crippen molar-refractivity contribution in [2.75, 3.05) is 17.6 Å². The Morgan fingerprint density at radius 2 is 1.50 bits per heavy atom. The van der Waals surface area contributed by atoms with Crippen LogP contribution in [0.15, 0.2) is 30.3 Å². The highest BCUT2D eigenvalue weighted by atomic mass is 32.3. The molecule has 0 aliphatic heterocycles. The number of hydrogen-bond donors (Lipinski definition) is 2. The topological polar surface area (TPSA) is 43.7 Å². The SMILES string of the molecule is CC.CN(c1ccccc1)S(C)(O)O. The Hall–Kier alpha value is -0.710. The summed E-state index contributed by atoms with van der Waals surface area (Å²) in [5.41, 5.74) is 0.806. The minimum atomic E-state index is -2.62. The summed E-state index contributed by atoms with van der Waals surface area (Å²) < 4.78 is 20.1. The van der Waals surface area contributed by atoms with E-state index in [1.54, 1.807) is 7.05 Å². The van der Waals surface area contributed by atoms with E-state index in [0.717, 1.165) is 5.69 Å². The molecule has 82 valence electrons. The Morgan fingerprint density at radius 3 is 1.86 bits per heavy atom. The first kappa shape index (κ1) is 13.3.